The van der Waals surface area contributed by atoms with E-state index in [4.69, 9.17) is 0 Å². The van der Waals surface area contributed by atoms with Gasteiger partial charge < -0.3 is 5.32 Å². The van der Waals surface area contributed by atoms with Crippen molar-refractivity contribution < 1.29 is 13.2 Å². The zero-order valence-corrected chi connectivity index (χ0v) is 10.5. The predicted octanol–water partition coefficient (Wildman–Crippen LogP) is 4.67. The molecule has 1 N–H and O–H groups in total. The number of halogens is 3. The third-order valence-corrected chi connectivity index (χ3v) is 2.93. The lowest BCUT2D eigenvalue weighted by Gasteiger charge is -2.19. The molecule has 100 valence electrons. The van der Waals surface area contributed by atoms with Gasteiger partial charge in [0.1, 0.15) is 5.82 Å². The second-order valence-electron chi connectivity index (χ2n) is 4.27. The van der Waals surface area contributed by atoms with E-state index in [-0.39, 0.29) is 11.7 Å². The van der Waals surface area contributed by atoms with Crippen molar-refractivity contribution in [3.8, 4) is 0 Å². The van der Waals surface area contributed by atoms with Crippen LogP contribution in [-0.2, 0) is 0 Å². The fourth-order valence-corrected chi connectivity index (χ4v) is 1.96. The first-order valence-electron chi connectivity index (χ1n) is 6.08. The Morgan fingerprint density at radius 2 is 1.74 bits per heavy atom. The average molecular weight is 265 g/mol. The molecular formula is C15H14F3N. The Hall–Kier alpha value is -1.97. The molecule has 2 aromatic rings. The number of nitrogens with one attached hydrogen (secondary N) is 1. The molecule has 0 aromatic heterocycles. The summed E-state index contributed by atoms with van der Waals surface area (Å²) in [5.74, 6) is -3.05. The summed E-state index contributed by atoms with van der Waals surface area (Å²) in [6, 6.07) is 10.7. The van der Waals surface area contributed by atoms with Crippen molar-refractivity contribution in [2.75, 3.05) is 5.32 Å². The highest BCUT2D eigenvalue weighted by Gasteiger charge is 2.15. The predicted molar refractivity (Wildman–Crippen MR) is 69.4 cm³/mol. The number of benzene rings is 2. The molecule has 0 heterocycles. The zero-order valence-electron chi connectivity index (χ0n) is 10.5. The van der Waals surface area contributed by atoms with Crippen molar-refractivity contribution in [2.24, 2.45) is 0 Å². The number of hydrogen-bond donors (Lipinski definition) is 1. The van der Waals surface area contributed by atoms with Crippen LogP contribution in [0.2, 0.25) is 0 Å². The lowest BCUT2D eigenvalue weighted by molar-refractivity contribution is 0.496. The summed E-state index contributed by atoms with van der Waals surface area (Å²) < 4.78 is 39.8. The van der Waals surface area contributed by atoms with Crippen molar-refractivity contribution in [3.05, 3.63) is 65.5 Å². The van der Waals surface area contributed by atoms with Gasteiger partial charge in [0.15, 0.2) is 11.6 Å². The van der Waals surface area contributed by atoms with Crippen LogP contribution in [0.15, 0.2) is 42.5 Å². The molecule has 4 heteroatoms. The Labute approximate surface area is 110 Å². The van der Waals surface area contributed by atoms with Crippen LogP contribution in [-0.4, -0.2) is 0 Å². The van der Waals surface area contributed by atoms with Gasteiger partial charge in [-0.1, -0.05) is 37.3 Å². The minimum absolute atomic E-state index is 0.159. The van der Waals surface area contributed by atoms with Crippen LogP contribution >= 0.6 is 0 Å². The quantitative estimate of drug-likeness (QED) is 0.792. The maximum atomic E-state index is 13.6. The van der Waals surface area contributed by atoms with Gasteiger partial charge in [-0.3, -0.25) is 0 Å². The van der Waals surface area contributed by atoms with E-state index in [1.807, 2.05) is 37.3 Å². The maximum Gasteiger partial charge on any atom is 0.182 e. The van der Waals surface area contributed by atoms with Gasteiger partial charge in [0.25, 0.3) is 0 Å². The zero-order chi connectivity index (χ0) is 13.8. The Morgan fingerprint density at radius 1 is 1.05 bits per heavy atom. The van der Waals surface area contributed by atoms with Crippen molar-refractivity contribution in [3.63, 3.8) is 0 Å². The monoisotopic (exact) mass is 265 g/mol. The highest BCUT2D eigenvalue weighted by Crippen LogP contribution is 2.26. The molecular weight excluding hydrogens is 251 g/mol. The molecule has 0 radical (unpaired) electrons. The topological polar surface area (TPSA) is 12.0 Å². The number of hydrogen-bond acceptors (Lipinski definition) is 1. The van der Waals surface area contributed by atoms with Crippen LogP contribution in [0.4, 0.5) is 18.9 Å². The Kier molecular flexibility index (Phi) is 4.10. The molecule has 0 aliphatic heterocycles. The van der Waals surface area contributed by atoms with E-state index in [1.54, 1.807) is 0 Å². The molecule has 0 fully saturated rings. The maximum absolute atomic E-state index is 13.6. The first-order valence-corrected chi connectivity index (χ1v) is 6.08. The van der Waals surface area contributed by atoms with E-state index in [0.29, 0.717) is 12.5 Å². The van der Waals surface area contributed by atoms with Crippen LogP contribution < -0.4 is 5.32 Å². The van der Waals surface area contributed by atoms with Crippen LogP contribution in [0, 0.1) is 17.5 Å². The average Bonchev–Trinajstić information content (AvgIpc) is 2.42. The van der Waals surface area contributed by atoms with Gasteiger partial charge in [-0.15, -0.1) is 0 Å². The Balaban J connectivity index is 2.29. The van der Waals surface area contributed by atoms with Gasteiger partial charge in [0.05, 0.1) is 11.7 Å². The fourth-order valence-electron chi connectivity index (χ4n) is 1.96. The summed E-state index contributed by atoms with van der Waals surface area (Å²) in [7, 11) is 0. The summed E-state index contributed by atoms with van der Waals surface area (Å²) in [5.41, 5.74) is 0.780. The van der Waals surface area contributed by atoms with Crippen LogP contribution in [0.5, 0.6) is 0 Å². The summed E-state index contributed by atoms with van der Waals surface area (Å²) in [6.45, 7) is 1.91. The minimum atomic E-state index is -1.19. The van der Waals surface area contributed by atoms with E-state index < -0.39 is 17.5 Å². The molecule has 0 saturated carbocycles. The third-order valence-electron chi connectivity index (χ3n) is 2.93. The van der Waals surface area contributed by atoms with E-state index in [1.165, 1.54) is 0 Å². The highest BCUT2D eigenvalue weighted by atomic mass is 19.2. The molecule has 0 aliphatic carbocycles. The molecule has 0 saturated heterocycles. The van der Waals surface area contributed by atoms with Gasteiger partial charge in [-0.2, -0.15) is 0 Å². The largest absolute Gasteiger partial charge is 0.376 e. The summed E-state index contributed by atoms with van der Waals surface area (Å²) in [5, 5.41) is 2.84. The fraction of sp³-hybridized carbons (Fsp3) is 0.200. The molecule has 0 amide bonds. The second-order valence-corrected chi connectivity index (χ2v) is 4.27. The van der Waals surface area contributed by atoms with E-state index in [0.717, 1.165) is 11.6 Å². The van der Waals surface area contributed by atoms with Gasteiger partial charge in [0, 0.05) is 12.1 Å². The van der Waals surface area contributed by atoms with Gasteiger partial charge in [-0.05, 0) is 12.0 Å². The Morgan fingerprint density at radius 3 is 2.37 bits per heavy atom. The number of rotatable bonds is 4. The van der Waals surface area contributed by atoms with Gasteiger partial charge in [0.2, 0.25) is 0 Å². The first kappa shape index (κ1) is 13.5. The highest BCUT2D eigenvalue weighted by molar-refractivity contribution is 5.47. The van der Waals surface area contributed by atoms with Gasteiger partial charge >= 0.3 is 0 Å². The van der Waals surface area contributed by atoms with E-state index in [9.17, 15) is 13.2 Å². The van der Waals surface area contributed by atoms with Crippen molar-refractivity contribution in [1.82, 2.24) is 0 Å². The normalized spacial score (nSPS) is 12.2. The molecule has 1 nitrogen and oxygen atoms in total. The second kappa shape index (κ2) is 5.78. The van der Waals surface area contributed by atoms with Crippen LogP contribution in [0.3, 0.4) is 0 Å². The standard InChI is InChI=1S/C15H14F3N/c1-2-13(10-6-4-3-5-7-10)19-14-9-11(16)8-12(17)15(14)18/h3-9,13,19H,2H2,1H3. The molecule has 1 unspecified atom stereocenters. The molecule has 0 aliphatic rings. The van der Waals surface area contributed by atoms with Crippen LogP contribution in [0.25, 0.3) is 0 Å². The SMILES string of the molecule is CCC(Nc1cc(F)cc(F)c1F)c1ccccc1. The summed E-state index contributed by atoms with van der Waals surface area (Å²) in [6.07, 6.45) is 0.668. The lowest BCUT2D eigenvalue weighted by atomic mass is 10.0. The lowest BCUT2D eigenvalue weighted by Crippen LogP contribution is -2.11. The molecule has 0 bridgehead atoms. The summed E-state index contributed by atoms with van der Waals surface area (Å²) in [4.78, 5) is 0. The number of anilines is 1. The minimum Gasteiger partial charge on any atom is -0.376 e. The van der Waals surface area contributed by atoms with Crippen molar-refractivity contribution in [1.29, 1.82) is 0 Å². The Bertz CT molecular complexity index is 555. The van der Waals surface area contributed by atoms with Gasteiger partial charge in [-0.25, -0.2) is 13.2 Å². The van der Waals surface area contributed by atoms with Crippen molar-refractivity contribution in [2.45, 2.75) is 19.4 Å². The van der Waals surface area contributed by atoms with Crippen LogP contribution in [0.1, 0.15) is 24.9 Å². The smallest absolute Gasteiger partial charge is 0.182 e. The van der Waals surface area contributed by atoms with E-state index >= 15 is 0 Å². The molecule has 2 rings (SSSR count). The third kappa shape index (κ3) is 3.08. The summed E-state index contributed by atoms with van der Waals surface area (Å²) >= 11 is 0. The van der Waals surface area contributed by atoms with E-state index in [2.05, 4.69) is 5.32 Å². The molecule has 2 aromatic carbocycles. The first-order chi connectivity index (χ1) is 9.11. The van der Waals surface area contributed by atoms with Crippen molar-refractivity contribution >= 4 is 5.69 Å². The molecule has 19 heavy (non-hydrogen) atoms. The molecule has 1 atom stereocenters. The molecule has 0 spiro atoms.